The van der Waals surface area contributed by atoms with Gasteiger partial charge < -0.3 is 11.1 Å². The van der Waals surface area contributed by atoms with Crippen molar-refractivity contribution >= 4 is 52.2 Å². The van der Waals surface area contributed by atoms with Crippen LogP contribution in [0, 0.1) is 0 Å². The van der Waals surface area contributed by atoms with Crippen molar-refractivity contribution in [3.05, 3.63) is 52.5 Å². The summed E-state index contributed by atoms with van der Waals surface area (Å²) in [6, 6.07) is 12.5. The Kier molecular flexibility index (Phi) is 5.79. The molecule has 2 aromatic carbocycles. The largest absolute Gasteiger partial charge is 0.398 e. The number of hydrogen-bond donors (Lipinski definition) is 2. The Morgan fingerprint density at radius 2 is 1.95 bits per heavy atom. The molecule has 0 aliphatic heterocycles. The van der Waals surface area contributed by atoms with Gasteiger partial charge in [-0.3, -0.25) is 4.79 Å². The predicted octanol–water partition coefficient (Wildman–Crippen LogP) is 4.70. The number of halogens is 2. The summed E-state index contributed by atoms with van der Waals surface area (Å²) in [6.45, 7) is 0. The summed E-state index contributed by atoms with van der Waals surface area (Å²) in [5, 5.41) is 3.75. The van der Waals surface area contributed by atoms with Gasteiger partial charge in [-0.15, -0.1) is 11.8 Å². The molecule has 3 nitrogen and oxygen atoms in total. The summed E-state index contributed by atoms with van der Waals surface area (Å²) < 4.78 is 0. The molecule has 0 atom stereocenters. The van der Waals surface area contributed by atoms with Crippen LogP contribution in [-0.2, 0) is 4.79 Å². The minimum absolute atomic E-state index is 0.110. The molecule has 21 heavy (non-hydrogen) atoms. The third kappa shape index (κ3) is 4.84. The fraction of sp³-hybridized carbons (Fsp3) is 0.133. The topological polar surface area (TPSA) is 55.1 Å². The highest BCUT2D eigenvalue weighted by Crippen LogP contribution is 2.27. The number of hydrogen-bond acceptors (Lipinski definition) is 3. The van der Waals surface area contributed by atoms with Crippen LogP contribution in [0.5, 0.6) is 0 Å². The van der Waals surface area contributed by atoms with E-state index in [0.29, 0.717) is 27.9 Å². The van der Waals surface area contributed by atoms with Crippen molar-refractivity contribution in [2.45, 2.75) is 11.3 Å². The third-order valence-electron chi connectivity index (χ3n) is 2.71. The molecular formula is C15H14Cl2N2OS. The van der Waals surface area contributed by atoms with Crippen LogP contribution in [0.3, 0.4) is 0 Å². The van der Waals surface area contributed by atoms with Gasteiger partial charge in [-0.05, 0) is 30.3 Å². The number of thioether (sulfide) groups is 1. The van der Waals surface area contributed by atoms with E-state index in [-0.39, 0.29) is 5.91 Å². The first-order chi connectivity index (χ1) is 10.1. The lowest BCUT2D eigenvalue weighted by atomic mass is 10.3. The fourth-order valence-corrected chi connectivity index (χ4v) is 2.93. The first-order valence-electron chi connectivity index (χ1n) is 6.28. The molecule has 0 radical (unpaired) electrons. The average Bonchev–Trinajstić information content (AvgIpc) is 2.45. The first kappa shape index (κ1) is 16.0. The van der Waals surface area contributed by atoms with Crippen molar-refractivity contribution in [1.29, 1.82) is 0 Å². The number of carbonyl (C=O) groups is 1. The summed E-state index contributed by atoms with van der Waals surface area (Å²) in [6.07, 6.45) is 0.363. The van der Waals surface area contributed by atoms with Crippen LogP contribution in [0.15, 0.2) is 47.4 Å². The molecule has 110 valence electrons. The maximum Gasteiger partial charge on any atom is 0.225 e. The Bertz CT molecular complexity index is 649. The van der Waals surface area contributed by atoms with E-state index in [1.807, 2.05) is 24.3 Å². The highest BCUT2D eigenvalue weighted by molar-refractivity contribution is 7.99. The molecule has 0 heterocycles. The van der Waals surface area contributed by atoms with Crippen molar-refractivity contribution in [3.8, 4) is 0 Å². The summed E-state index contributed by atoms with van der Waals surface area (Å²) in [7, 11) is 0. The molecule has 0 saturated heterocycles. The van der Waals surface area contributed by atoms with Crippen LogP contribution in [0.25, 0.3) is 0 Å². The zero-order valence-corrected chi connectivity index (χ0v) is 13.4. The smallest absolute Gasteiger partial charge is 0.225 e. The molecule has 0 aliphatic carbocycles. The van der Waals surface area contributed by atoms with E-state index in [9.17, 15) is 4.79 Å². The molecule has 6 heteroatoms. The molecule has 2 aromatic rings. The van der Waals surface area contributed by atoms with E-state index < -0.39 is 0 Å². The number of anilines is 2. The number of rotatable bonds is 5. The zero-order chi connectivity index (χ0) is 15.2. The second-order valence-corrected chi connectivity index (χ2v) is 6.29. The molecule has 0 unspecified atom stereocenters. The number of nitrogens with one attached hydrogen (secondary N) is 1. The Morgan fingerprint density at radius 3 is 2.71 bits per heavy atom. The molecule has 0 spiro atoms. The van der Waals surface area contributed by atoms with Gasteiger partial charge in [-0.2, -0.15) is 0 Å². The number of benzene rings is 2. The average molecular weight is 341 g/mol. The Labute approximate surface area is 137 Å². The normalized spacial score (nSPS) is 10.4. The van der Waals surface area contributed by atoms with Gasteiger partial charge in [-0.25, -0.2) is 0 Å². The second-order valence-electron chi connectivity index (χ2n) is 4.31. The van der Waals surface area contributed by atoms with Crippen molar-refractivity contribution in [1.82, 2.24) is 0 Å². The van der Waals surface area contributed by atoms with Gasteiger partial charge in [0, 0.05) is 27.8 Å². The summed E-state index contributed by atoms with van der Waals surface area (Å²) in [4.78, 5) is 12.9. The van der Waals surface area contributed by atoms with Crippen molar-refractivity contribution in [2.75, 3.05) is 16.8 Å². The number of amides is 1. The van der Waals surface area contributed by atoms with Crippen LogP contribution in [0.4, 0.5) is 11.4 Å². The molecular weight excluding hydrogens is 327 g/mol. The van der Waals surface area contributed by atoms with Gasteiger partial charge in [0.05, 0.1) is 10.7 Å². The summed E-state index contributed by atoms with van der Waals surface area (Å²) in [5.41, 5.74) is 7.09. The zero-order valence-electron chi connectivity index (χ0n) is 11.1. The maximum atomic E-state index is 11.9. The maximum absolute atomic E-state index is 11.9. The number of nitrogen functional groups attached to an aromatic ring is 1. The molecule has 0 saturated carbocycles. The number of nitrogens with two attached hydrogens (primary N) is 1. The Balaban J connectivity index is 1.85. The van der Waals surface area contributed by atoms with Crippen molar-refractivity contribution in [2.24, 2.45) is 0 Å². The molecule has 3 N–H and O–H groups in total. The predicted molar refractivity (Wildman–Crippen MR) is 91.3 cm³/mol. The van der Waals surface area contributed by atoms with Crippen LogP contribution < -0.4 is 11.1 Å². The SMILES string of the molecule is Nc1ccccc1SCCC(=O)Nc1cc(Cl)ccc1Cl. The van der Waals surface area contributed by atoms with E-state index >= 15 is 0 Å². The van der Waals surface area contributed by atoms with Gasteiger partial charge in [0.2, 0.25) is 5.91 Å². The van der Waals surface area contributed by atoms with E-state index in [0.717, 1.165) is 10.6 Å². The van der Waals surface area contributed by atoms with Gasteiger partial charge in [-0.1, -0.05) is 35.3 Å². The first-order valence-corrected chi connectivity index (χ1v) is 8.02. The minimum Gasteiger partial charge on any atom is -0.398 e. The van der Waals surface area contributed by atoms with Crippen LogP contribution in [-0.4, -0.2) is 11.7 Å². The highest BCUT2D eigenvalue weighted by atomic mass is 35.5. The molecule has 1 amide bonds. The second kappa shape index (κ2) is 7.59. The van der Waals surface area contributed by atoms with E-state index in [1.165, 1.54) is 0 Å². The summed E-state index contributed by atoms with van der Waals surface area (Å²) in [5.74, 6) is 0.527. The minimum atomic E-state index is -0.110. The van der Waals surface area contributed by atoms with Gasteiger partial charge in [0.25, 0.3) is 0 Å². The quantitative estimate of drug-likeness (QED) is 0.612. The molecule has 0 fully saturated rings. The lowest BCUT2D eigenvalue weighted by Gasteiger charge is -2.08. The Hall–Kier alpha value is -1.36. The van der Waals surface area contributed by atoms with E-state index in [1.54, 1.807) is 30.0 Å². The molecule has 2 rings (SSSR count). The van der Waals surface area contributed by atoms with Gasteiger partial charge >= 0.3 is 0 Å². The van der Waals surface area contributed by atoms with Crippen molar-refractivity contribution in [3.63, 3.8) is 0 Å². The number of para-hydroxylation sites is 1. The lowest BCUT2D eigenvalue weighted by molar-refractivity contribution is -0.115. The monoisotopic (exact) mass is 340 g/mol. The van der Waals surface area contributed by atoms with Gasteiger partial charge in [0.15, 0.2) is 0 Å². The Morgan fingerprint density at radius 1 is 1.19 bits per heavy atom. The fourth-order valence-electron chi connectivity index (χ4n) is 1.67. The van der Waals surface area contributed by atoms with E-state index in [2.05, 4.69) is 5.32 Å². The highest BCUT2D eigenvalue weighted by Gasteiger charge is 2.07. The number of carbonyl (C=O) groups excluding carboxylic acids is 1. The summed E-state index contributed by atoms with van der Waals surface area (Å²) >= 11 is 13.4. The van der Waals surface area contributed by atoms with Crippen molar-refractivity contribution < 1.29 is 4.79 Å². The van der Waals surface area contributed by atoms with Crippen LogP contribution >= 0.6 is 35.0 Å². The molecule has 0 aliphatic rings. The van der Waals surface area contributed by atoms with Crippen LogP contribution in [0.1, 0.15) is 6.42 Å². The van der Waals surface area contributed by atoms with Gasteiger partial charge in [0.1, 0.15) is 0 Å². The van der Waals surface area contributed by atoms with Crippen LogP contribution in [0.2, 0.25) is 10.0 Å². The molecule has 0 aromatic heterocycles. The standard InChI is InChI=1S/C15H14Cl2N2OS/c16-10-5-6-11(17)13(9-10)19-15(20)7-8-21-14-4-2-1-3-12(14)18/h1-6,9H,7-8,18H2,(H,19,20). The lowest BCUT2D eigenvalue weighted by Crippen LogP contribution is -2.12. The van der Waals surface area contributed by atoms with E-state index in [4.69, 9.17) is 28.9 Å². The molecule has 0 bridgehead atoms. The third-order valence-corrected chi connectivity index (χ3v) is 4.36.